The summed E-state index contributed by atoms with van der Waals surface area (Å²) in [5, 5.41) is 10.6. The van der Waals surface area contributed by atoms with E-state index in [4.69, 9.17) is 5.26 Å². The van der Waals surface area contributed by atoms with Gasteiger partial charge in [0.15, 0.2) is 0 Å². The van der Waals surface area contributed by atoms with E-state index < -0.39 is 10.0 Å². The molecule has 1 atom stereocenters. The number of aromatic nitrogens is 1. The van der Waals surface area contributed by atoms with Crippen molar-refractivity contribution < 1.29 is 13.2 Å². The Morgan fingerprint density at radius 2 is 1.87 bits per heavy atom. The topological polar surface area (TPSA) is 94.4 Å². The lowest BCUT2D eigenvalue weighted by atomic mass is 10.0. The molecule has 1 aromatic heterocycles. The van der Waals surface area contributed by atoms with Crippen molar-refractivity contribution >= 4 is 26.7 Å². The molecule has 0 spiro atoms. The SMILES string of the molecule is CCN(C(=O)c1cccc2ccncc12)[C@@H](C)CN(C)S(=O)(=O)c1ccc(C#N)cc1. The van der Waals surface area contributed by atoms with Crippen LogP contribution in [-0.2, 0) is 10.0 Å². The van der Waals surface area contributed by atoms with Gasteiger partial charge in [-0.25, -0.2) is 8.42 Å². The quantitative estimate of drug-likeness (QED) is 0.566. The van der Waals surface area contributed by atoms with Crippen LogP contribution in [0.1, 0.15) is 29.8 Å². The summed E-state index contributed by atoms with van der Waals surface area (Å²) in [6.07, 6.45) is 3.35. The number of hydrogen-bond acceptors (Lipinski definition) is 5. The maximum absolute atomic E-state index is 13.3. The molecule has 2 aromatic carbocycles. The molecule has 1 heterocycles. The van der Waals surface area contributed by atoms with Crippen molar-refractivity contribution in [2.24, 2.45) is 0 Å². The Labute approximate surface area is 182 Å². The fourth-order valence-electron chi connectivity index (χ4n) is 3.56. The van der Waals surface area contributed by atoms with E-state index in [0.717, 1.165) is 10.8 Å². The highest BCUT2D eigenvalue weighted by Gasteiger charge is 2.27. The lowest BCUT2D eigenvalue weighted by Crippen LogP contribution is -2.45. The molecule has 0 N–H and O–H groups in total. The number of pyridine rings is 1. The first-order valence-electron chi connectivity index (χ1n) is 9.89. The van der Waals surface area contributed by atoms with Crippen molar-refractivity contribution in [1.29, 1.82) is 5.26 Å². The van der Waals surface area contributed by atoms with E-state index in [-0.39, 0.29) is 23.4 Å². The smallest absolute Gasteiger partial charge is 0.254 e. The molecule has 3 aromatic rings. The van der Waals surface area contributed by atoms with E-state index in [9.17, 15) is 13.2 Å². The average molecular weight is 437 g/mol. The van der Waals surface area contributed by atoms with Gasteiger partial charge in [-0.2, -0.15) is 9.57 Å². The highest BCUT2D eigenvalue weighted by Crippen LogP contribution is 2.21. The molecule has 0 unspecified atom stereocenters. The van der Waals surface area contributed by atoms with E-state index >= 15 is 0 Å². The van der Waals surface area contributed by atoms with E-state index in [1.165, 1.54) is 35.6 Å². The summed E-state index contributed by atoms with van der Waals surface area (Å²) in [4.78, 5) is 19.2. The second kappa shape index (κ2) is 9.25. The highest BCUT2D eigenvalue weighted by molar-refractivity contribution is 7.89. The third-order valence-corrected chi connectivity index (χ3v) is 7.10. The van der Waals surface area contributed by atoms with Crippen LogP contribution in [0.4, 0.5) is 0 Å². The predicted molar refractivity (Wildman–Crippen MR) is 119 cm³/mol. The van der Waals surface area contributed by atoms with Crippen LogP contribution >= 0.6 is 0 Å². The van der Waals surface area contributed by atoms with Crippen molar-refractivity contribution in [2.75, 3.05) is 20.1 Å². The minimum atomic E-state index is -3.75. The van der Waals surface area contributed by atoms with Gasteiger partial charge in [-0.1, -0.05) is 12.1 Å². The Morgan fingerprint density at radius 1 is 1.16 bits per heavy atom. The van der Waals surface area contributed by atoms with E-state index in [1.54, 1.807) is 23.4 Å². The van der Waals surface area contributed by atoms with Gasteiger partial charge in [-0.05, 0) is 55.6 Å². The third kappa shape index (κ3) is 4.58. The van der Waals surface area contributed by atoms with Crippen molar-refractivity contribution in [2.45, 2.75) is 24.8 Å². The second-order valence-electron chi connectivity index (χ2n) is 7.26. The van der Waals surface area contributed by atoms with Crippen LogP contribution in [0.3, 0.4) is 0 Å². The van der Waals surface area contributed by atoms with Gasteiger partial charge in [0, 0.05) is 49.5 Å². The maximum atomic E-state index is 13.3. The van der Waals surface area contributed by atoms with E-state index in [0.29, 0.717) is 17.7 Å². The van der Waals surface area contributed by atoms with Gasteiger partial charge in [0.1, 0.15) is 0 Å². The molecule has 0 fully saturated rings. The zero-order chi connectivity index (χ0) is 22.6. The number of likely N-dealkylation sites (N-methyl/N-ethyl adjacent to an activating group) is 2. The molecule has 7 nitrogen and oxygen atoms in total. The second-order valence-corrected chi connectivity index (χ2v) is 9.31. The zero-order valence-corrected chi connectivity index (χ0v) is 18.5. The molecule has 0 aliphatic carbocycles. The molecule has 0 saturated carbocycles. The number of amides is 1. The number of sulfonamides is 1. The maximum Gasteiger partial charge on any atom is 0.254 e. The lowest BCUT2D eigenvalue weighted by Gasteiger charge is -2.31. The molecule has 0 saturated heterocycles. The summed E-state index contributed by atoms with van der Waals surface area (Å²) in [5.41, 5.74) is 0.930. The number of rotatable bonds is 7. The van der Waals surface area contributed by atoms with Gasteiger partial charge < -0.3 is 4.90 Å². The highest BCUT2D eigenvalue weighted by atomic mass is 32.2. The molecule has 160 valence electrons. The molecule has 0 aliphatic rings. The Hall–Kier alpha value is -3.28. The third-order valence-electron chi connectivity index (χ3n) is 5.26. The Balaban J connectivity index is 1.82. The fraction of sp³-hybridized carbons (Fsp3) is 0.261. The van der Waals surface area contributed by atoms with E-state index in [2.05, 4.69) is 4.98 Å². The van der Waals surface area contributed by atoms with Crippen molar-refractivity contribution in [3.8, 4) is 6.07 Å². The van der Waals surface area contributed by atoms with Crippen molar-refractivity contribution in [3.05, 3.63) is 72.1 Å². The van der Waals surface area contributed by atoms with Crippen LogP contribution in [0, 0.1) is 11.3 Å². The summed E-state index contributed by atoms with van der Waals surface area (Å²) in [5.74, 6) is -0.169. The Morgan fingerprint density at radius 3 is 2.52 bits per heavy atom. The fourth-order valence-corrected chi connectivity index (χ4v) is 4.81. The number of nitriles is 1. The zero-order valence-electron chi connectivity index (χ0n) is 17.7. The van der Waals surface area contributed by atoms with Crippen molar-refractivity contribution in [1.82, 2.24) is 14.2 Å². The number of fused-ring (bicyclic) bond motifs is 1. The van der Waals surface area contributed by atoms with Crippen LogP contribution in [0.25, 0.3) is 10.8 Å². The first-order chi connectivity index (χ1) is 14.8. The number of carbonyl (C=O) groups excluding carboxylic acids is 1. The van der Waals surface area contributed by atoms with Gasteiger partial charge in [0.25, 0.3) is 5.91 Å². The summed E-state index contributed by atoms with van der Waals surface area (Å²) < 4.78 is 27.1. The first kappa shape index (κ1) is 22.4. The van der Waals surface area contributed by atoms with Crippen LogP contribution in [-0.4, -0.2) is 54.7 Å². The van der Waals surface area contributed by atoms with Crippen LogP contribution in [0.2, 0.25) is 0 Å². The molecular formula is C23H24N4O3S. The summed E-state index contributed by atoms with van der Waals surface area (Å²) >= 11 is 0. The minimum absolute atomic E-state index is 0.107. The predicted octanol–water partition coefficient (Wildman–Crippen LogP) is 3.28. The molecule has 0 bridgehead atoms. The molecule has 0 aliphatic heterocycles. The summed E-state index contributed by atoms with van der Waals surface area (Å²) in [7, 11) is -2.26. The van der Waals surface area contributed by atoms with E-state index in [1.807, 2.05) is 38.1 Å². The number of benzene rings is 2. The molecule has 1 amide bonds. The standard InChI is InChI=1S/C23H24N4O3S/c1-4-27(23(28)21-7-5-6-19-12-13-25-15-22(19)21)17(2)16-26(3)31(29,30)20-10-8-18(14-24)9-11-20/h5-13,15,17H,4,16H2,1-3H3/t17-/m0/s1. The largest absolute Gasteiger partial charge is 0.335 e. The summed E-state index contributed by atoms with van der Waals surface area (Å²) in [6, 6.07) is 14.8. The first-order valence-corrected chi connectivity index (χ1v) is 11.3. The van der Waals surface area contributed by atoms with Gasteiger partial charge in [-0.15, -0.1) is 0 Å². The summed E-state index contributed by atoms with van der Waals surface area (Å²) in [6.45, 7) is 4.26. The minimum Gasteiger partial charge on any atom is -0.335 e. The van der Waals surface area contributed by atoms with Gasteiger partial charge in [0.2, 0.25) is 10.0 Å². The molecular weight excluding hydrogens is 412 g/mol. The number of hydrogen-bond donors (Lipinski definition) is 0. The van der Waals surface area contributed by atoms with Gasteiger partial charge in [0.05, 0.1) is 16.5 Å². The van der Waals surface area contributed by atoms with Crippen LogP contribution in [0.5, 0.6) is 0 Å². The normalized spacial score (nSPS) is 12.5. The molecule has 3 rings (SSSR count). The molecule has 31 heavy (non-hydrogen) atoms. The lowest BCUT2D eigenvalue weighted by molar-refractivity contribution is 0.0692. The number of nitrogens with zero attached hydrogens (tertiary/aromatic N) is 4. The van der Waals surface area contributed by atoms with Gasteiger partial charge >= 0.3 is 0 Å². The Kier molecular flexibility index (Phi) is 6.68. The average Bonchev–Trinajstić information content (AvgIpc) is 2.79. The molecule has 0 radical (unpaired) electrons. The number of carbonyl (C=O) groups is 1. The monoisotopic (exact) mass is 436 g/mol. The van der Waals surface area contributed by atoms with Crippen molar-refractivity contribution in [3.63, 3.8) is 0 Å². The Bertz CT molecular complexity index is 1230. The van der Waals surface area contributed by atoms with Crippen LogP contribution in [0.15, 0.2) is 65.8 Å². The van der Waals surface area contributed by atoms with Gasteiger partial charge in [-0.3, -0.25) is 9.78 Å². The molecule has 8 heteroatoms. The van der Waals surface area contributed by atoms with Crippen LogP contribution < -0.4 is 0 Å².